The van der Waals surface area contributed by atoms with Crippen molar-refractivity contribution >= 4 is 28.2 Å². The molecule has 35 heavy (non-hydrogen) atoms. The van der Waals surface area contributed by atoms with Crippen LogP contribution in [0.1, 0.15) is 53.2 Å². The minimum atomic E-state index is -0.239. The maximum atomic E-state index is 12.5. The summed E-state index contributed by atoms with van der Waals surface area (Å²) in [5, 5.41) is 12.1. The van der Waals surface area contributed by atoms with Crippen LogP contribution in [0, 0.1) is 6.92 Å². The van der Waals surface area contributed by atoms with Crippen molar-refractivity contribution in [3.8, 4) is 5.88 Å². The van der Waals surface area contributed by atoms with Crippen LogP contribution in [0.25, 0.3) is 10.9 Å². The zero-order chi connectivity index (χ0) is 24.4. The van der Waals surface area contributed by atoms with Crippen molar-refractivity contribution in [3.05, 3.63) is 95.1 Å². The van der Waals surface area contributed by atoms with E-state index in [0.29, 0.717) is 16.8 Å². The summed E-state index contributed by atoms with van der Waals surface area (Å²) in [6, 6.07) is 24.0. The number of likely N-dealkylation sites (tertiary alicyclic amines) is 1. The topological polar surface area (TPSA) is 57.8 Å². The van der Waals surface area contributed by atoms with E-state index in [2.05, 4.69) is 17.0 Å². The minimum Gasteiger partial charge on any atom is -0.494 e. The second-order valence-electron chi connectivity index (χ2n) is 9.40. The van der Waals surface area contributed by atoms with Crippen LogP contribution in [0.15, 0.2) is 77.8 Å². The fraction of sp³-hybridized carbons (Fsp3) is 0.267. The number of aromatic nitrogens is 1. The van der Waals surface area contributed by atoms with E-state index in [1.54, 1.807) is 0 Å². The van der Waals surface area contributed by atoms with Crippen LogP contribution in [0.3, 0.4) is 0 Å². The van der Waals surface area contributed by atoms with Gasteiger partial charge in [0.05, 0.1) is 22.5 Å². The van der Waals surface area contributed by atoms with E-state index in [0.717, 1.165) is 41.8 Å². The van der Waals surface area contributed by atoms with Gasteiger partial charge in [-0.25, -0.2) is 4.99 Å². The molecule has 0 radical (unpaired) electrons. The van der Waals surface area contributed by atoms with Crippen molar-refractivity contribution < 1.29 is 9.90 Å². The number of benzene rings is 3. The zero-order valence-corrected chi connectivity index (χ0v) is 20.4. The summed E-state index contributed by atoms with van der Waals surface area (Å²) in [6.45, 7) is 6.75. The number of aromatic hydroxyl groups is 1. The Labute approximate surface area is 206 Å². The molecule has 1 aliphatic rings. The predicted molar refractivity (Wildman–Crippen MR) is 142 cm³/mol. The number of carbonyl (C=O) groups is 1. The number of nitrogens with zero attached hydrogens (tertiary/aromatic N) is 3. The van der Waals surface area contributed by atoms with Gasteiger partial charge in [-0.2, -0.15) is 0 Å². The molecule has 1 aromatic heterocycles. The van der Waals surface area contributed by atoms with E-state index in [1.165, 1.54) is 36.3 Å². The van der Waals surface area contributed by atoms with E-state index in [4.69, 9.17) is 4.99 Å². The lowest BCUT2D eigenvalue weighted by atomic mass is 10.00. The van der Waals surface area contributed by atoms with Gasteiger partial charge < -0.3 is 5.11 Å². The lowest BCUT2D eigenvalue weighted by Gasteiger charge is -2.26. The van der Waals surface area contributed by atoms with Gasteiger partial charge in [0.1, 0.15) is 0 Å². The van der Waals surface area contributed by atoms with E-state index >= 15 is 0 Å². The van der Waals surface area contributed by atoms with Crippen molar-refractivity contribution in [1.82, 2.24) is 9.47 Å². The van der Waals surface area contributed by atoms with Crippen LogP contribution in [0.5, 0.6) is 5.88 Å². The summed E-state index contributed by atoms with van der Waals surface area (Å²) in [4.78, 5) is 20.0. The number of hydrogen-bond donors (Lipinski definition) is 1. The number of piperidine rings is 1. The summed E-state index contributed by atoms with van der Waals surface area (Å²) in [5.74, 6) is -0.320. The Balaban J connectivity index is 1.61. The molecule has 2 heterocycles. The Kier molecular flexibility index (Phi) is 6.51. The van der Waals surface area contributed by atoms with Crippen LogP contribution < -0.4 is 0 Å². The molecule has 0 aliphatic carbocycles. The second kappa shape index (κ2) is 9.88. The molecule has 0 unspecified atom stereocenters. The highest BCUT2D eigenvalue weighted by molar-refractivity contribution is 6.23. The molecule has 1 saturated heterocycles. The number of rotatable bonds is 5. The van der Waals surface area contributed by atoms with Gasteiger partial charge in [0.2, 0.25) is 11.8 Å². The quantitative estimate of drug-likeness (QED) is 0.344. The maximum Gasteiger partial charge on any atom is 0.230 e. The number of hydrogen-bond acceptors (Lipinski definition) is 4. The molecular formula is C30H31N3O2. The fourth-order valence-corrected chi connectivity index (χ4v) is 4.99. The number of aliphatic imine (C=N–C) groups is 1. The highest BCUT2D eigenvalue weighted by Crippen LogP contribution is 2.35. The number of carbonyl (C=O) groups excluding carboxylic acids is 1. The van der Waals surface area contributed by atoms with Gasteiger partial charge in [-0.05, 0) is 62.7 Å². The molecule has 5 heteroatoms. The Morgan fingerprint density at radius 1 is 0.943 bits per heavy atom. The van der Waals surface area contributed by atoms with Gasteiger partial charge in [-0.15, -0.1) is 0 Å². The van der Waals surface area contributed by atoms with Crippen LogP contribution in [0.2, 0.25) is 0 Å². The summed E-state index contributed by atoms with van der Waals surface area (Å²) >= 11 is 0. The molecule has 0 amide bonds. The molecule has 1 N–H and O–H groups in total. The average Bonchev–Trinajstić information content (AvgIpc) is 3.15. The van der Waals surface area contributed by atoms with Crippen molar-refractivity contribution in [3.63, 3.8) is 0 Å². The third-order valence-corrected chi connectivity index (χ3v) is 6.73. The first kappa shape index (κ1) is 23.1. The number of fused-ring (bicyclic) bond motifs is 1. The molecule has 4 aromatic rings. The summed E-state index contributed by atoms with van der Waals surface area (Å²) in [6.07, 6.45) is 3.89. The molecule has 5 nitrogen and oxygen atoms in total. The van der Waals surface area contributed by atoms with Crippen LogP contribution in [-0.2, 0) is 6.54 Å². The van der Waals surface area contributed by atoms with Crippen molar-refractivity contribution in [2.75, 3.05) is 13.1 Å². The van der Waals surface area contributed by atoms with Crippen molar-refractivity contribution in [2.45, 2.75) is 39.7 Å². The van der Waals surface area contributed by atoms with E-state index in [1.807, 2.05) is 67.6 Å². The first-order valence-corrected chi connectivity index (χ1v) is 12.3. The third-order valence-electron chi connectivity index (χ3n) is 6.73. The standard InChI is InChI=1S/C30H31N3O2/c1-21-11-16-27-26(19-21)28(30(35)33(27)22(2)34)29(24-9-5-3-6-10-24)31-25-14-12-23(13-15-25)20-32-17-7-4-8-18-32/h3,5-6,9-16,19,35H,4,7-8,17-18,20H2,1-2H3. The van der Waals surface area contributed by atoms with Crippen LogP contribution in [-0.4, -0.2) is 39.3 Å². The average molecular weight is 466 g/mol. The van der Waals surface area contributed by atoms with Crippen LogP contribution in [0.4, 0.5) is 5.69 Å². The van der Waals surface area contributed by atoms with Gasteiger partial charge in [0, 0.05) is 24.4 Å². The largest absolute Gasteiger partial charge is 0.494 e. The van der Waals surface area contributed by atoms with Gasteiger partial charge >= 0.3 is 0 Å². The van der Waals surface area contributed by atoms with Gasteiger partial charge in [-0.1, -0.05) is 60.5 Å². The first-order chi connectivity index (χ1) is 17.0. The Morgan fingerprint density at radius 3 is 2.34 bits per heavy atom. The Bertz CT molecular complexity index is 1380. The summed E-state index contributed by atoms with van der Waals surface area (Å²) < 4.78 is 1.37. The minimum absolute atomic E-state index is 0.0811. The molecule has 0 spiro atoms. The molecule has 1 fully saturated rings. The summed E-state index contributed by atoms with van der Waals surface area (Å²) in [7, 11) is 0. The van der Waals surface area contributed by atoms with Crippen LogP contribution >= 0.6 is 0 Å². The van der Waals surface area contributed by atoms with E-state index in [9.17, 15) is 9.90 Å². The SMILES string of the molecule is CC(=O)n1c(O)c(C(=Nc2ccc(CN3CCCCC3)cc2)c2ccccc2)c2cc(C)ccc21. The lowest BCUT2D eigenvalue weighted by Crippen LogP contribution is -2.28. The molecular weight excluding hydrogens is 434 g/mol. The maximum absolute atomic E-state index is 12.5. The second-order valence-corrected chi connectivity index (χ2v) is 9.40. The summed E-state index contributed by atoms with van der Waals surface area (Å²) in [5.41, 5.74) is 5.90. The number of aryl methyl sites for hydroxylation is 1. The van der Waals surface area contributed by atoms with Crippen molar-refractivity contribution in [1.29, 1.82) is 0 Å². The lowest BCUT2D eigenvalue weighted by molar-refractivity contribution is 0.0933. The van der Waals surface area contributed by atoms with E-state index in [-0.39, 0.29) is 11.8 Å². The smallest absolute Gasteiger partial charge is 0.230 e. The van der Waals surface area contributed by atoms with Crippen molar-refractivity contribution in [2.24, 2.45) is 4.99 Å². The fourth-order valence-electron chi connectivity index (χ4n) is 4.99. The van der Waals surface area contributed by atoms with Gasteiger partial charge in [0.15, 0.2) is 0 Å². The molecule has 0 bridgehead atoms. The molecule has 1 aliphatic heterocycles. The van der Waals surface area contributed by atoms with Gasteiger partial charge in [-0.3, -0.25) is 14.3 Å². The predicted octanol–water partition coefficient (Wildman–Crippen LogP) is 6.47. The molecule has 0 atom stereocenters. The third kappa shape index (κ3) is 4.77. The first-order valence-electron chi connectivity index (χ1n) is 12.3. The van der Waals surface area contributed by atoms with E-state index < -0.39 is 0 Å². The molecule has 0 saturated carbocycles. The Morgan fingerprint density at radius 2 is 1.66 bits per heavy atom. The normalized spacial score (nSPS) is 15.0. The monoisotopic (exact) mass is 465 g/mol. The molecule has 3 aromatic carbocycles. The Hall–Kier alpha value is -3.70. The highest BCUT2D eigenvalue weighted by atomic mass is 16.3. The molecule has 178 valence electrons. The zero-order valence-electron chi connectivity index (χ0n) is 20.4. The van der Waals surface area contributed by atoms with Gasteiger partial charge in [0.25, 0.3) is 0 Å². The highest BCUT2D eigenvalue weighted by Gasteiger charge is 2.24. The molecule has 5 rings (SSSR count).